The van der Waals surface area contributed by atoms with Crippen molar-refractivity contribution in [1.82, 2.24) is 15.6 Å². The number of aromatic nitrogens is 1. The summed E-state index contributed by atoms with van der Waals surface area (Å²) in [6.07, 6.45) is 3.05. The molecule has 0 radical (unpaired) electrons. The number of amides is 2. The highest BCUT2D eigenvalue weighted by molar-refractivity contribution is 7.11. The standard InChI is InChI=1S/C13H21N3O2S/c1-8-12(15-9(2)19-8)7-14-13(18)16-10-3-5-11(17)6-4-10/h10-11,17H,3-7H2,1-2H3,(H2,14,16,18). The second kappa shape index (κ2) is 6.34. The third-order valence-corrected chi connectivity index (χ3v) is 4.38. The average Bonchev–Trinajstić information content (AvgIpc) is 2.68. The molecule has 6 heteroatoms. The first-order valence-electron chi connectivity index (χ1n) is 6.70. The van der Waals surface area contributed by atoms with E-state index in [4.69, 9.17) is 0 Å². The molecular weight excluding hydrogens is 262 g/mol. The second-order valence-electron chi connectivity index (χ2n) is 5.07. The van der Waals surface area contributed by atoms with Crippen LogP contribution in [0.1, 0.15) is 41.3 Å². The van der Waals surface area contributed by atoms with E-state index in [0.29, 0.717) is 6.54 Å². The summed E-state index contributed by atoms with van der Waals surface area (Å²) in [5.41, 5.74) is 0.941. The molecule has 1 aromatic heterocycles. The summed E-state index contributed by atoms with van der Waals surface area (Å²) in [4.78, 5) is 17.3. The Morgan fingerprint density at radius 1 is 1.37 bits per heavy atom. The van der Waals surface area contributed by atoms with E-state index in [9.17, 15) is 9.90 Å². The van der Waals surface area contributed by atoms with E-state index in [0.717, 1.165) is 41.3 Å². The van der Waals surface area contributed by atoms with Crippen molar-refractivity contribution in [3.05, 3.63) is 15.6 Å². The molecule has 5 nitrogen and oxygen atoms in total. The van der Waals surface area contributed by atoms with Crippen LogP contribution < -0.4 is 10.6 Å². The molecule has 19 heavy (non-hydrogen) atoms. The first-order valence-corrected chi connectivity index (χ1v) is 7.51. The molecule has 0 saturated heterocycles. The van der Waals surface area contributed by atoms with Crippen molar-refractivity contribution >= 4 is 17.4 Å². The van der Waals surface area contributed by atoms with Gasteiger partial charge in [0.15, 0.2) is 0 Å². The number of hydrogen-bond donors (Lipinski definition) is 3. The van der Waals surface area contributed by atoms with Crippen molar-refractivity contribution in [2.45, 2.75) is 58.2 Å². The maximum atomic E-state index is 11.8. The van der Waals surface area contributed by atoms with Crippen molar-refractivity contribution in [3.8, 4) is 0 Å². The summed E-state index contributed by atoms with van der Waals surface area (Å²) in [7, 11) is 0. The number of aliphatic hydroxyl groups excluding tert-OH is 1. The van der Waals surface area contributed by atoms with E-state index < -0.39 is 0 Å². The van der Waals surface area contributed by atoms with Gasteiger partial charge in [-0.25, -0.2) is 9.78 Å². The highest BCUT2D eigenvalue weighted by Gasteiger charge is 2.20. The van der Waals surface area contributed by atoms with E-state index >= 15 is 0 Å². The first kappa shape index (κ1) is 14.3. The summed E-state index contributed by atoms with van der Waals surface area (Å²) >= 11 is 1.65. The fourth-order valence-corrected chi connectivity index (χ4v) is 3.19. The minimum atomic E-state index is -0.193. The van der Waals surface area contributed by atoms with Gasteiger partial charge in [0.25, 0.3) is 0 Å². The number of aryl methyl sites for hydroxylation is 2. The summed E-state index contributed by atoms with van der Waals surface area (Å²) in [6.45, 7) is 4.45. The largest absolute Gasteiger partial charge is 0.393 e. The van der Waals surface area contributed by atoms with Gasteiger partial charge in [0.2, 0.25) is 0 Å². The van der Waals surface area contributed by atoms with Gasteiger partial charge in [-0.2, -0.15) is 0 Å². The number of carbonyl (C=O) groups is 1. The smallest absolute Gasteiger partial charge is 0.315 e. The van der Waals surface area contributed by atoms with Crippen LogP contribution in [0.5, 0.6) is 0 Å². The topological polar surface area (TPSA) is 74.2 Å². The minimum Gasteiger partial charge on any atom is -0.393 e. The van der Waals surface area contributed by atoms with Crippen LogP contribution in [0.25, 0.3) is 0 Å². The van der Waals surface area contributed by atoms with E-state index in [-0.39, 0.29) is 18.2 Å². The highest BCUT2D eigenvalue weighted by Crippen LogP contribution is 2.18. The summed E-state index contributed by atoms with van der Waals surface area (Å²) in [5.74, 6) is 0. The van der Waals surface area contributed by atoms with Crippen molar-refractivity contribution in [2.24, 2.45) is 0 Å². The zero-order valence-electron chi connectivity index (χ0n) is 11.4. The van der Waals surface area contributed by atoms with Crippen LogP contribution in [-0.4, -0.2) is 28.3 Å². The summed E-state index contributed by atoms with van der Waals surface area (Å²) < 4.78 is 0. The molecule has 1 fully saturated rings. The molecule has 0 unspecified atom stereocenters. The van der Waals surface area contributed by atoms with E-state index in [2.05, 4.69) is 15.6 Å². The Labute approximate surface area is 117 Å². The van der Waals surface area contributed by atoms with Crippen LogP contribution in [0.4, 0.5) is 4.79 Å². The van der Waals surface area contributed by atoms with Crippen LogP contribution in [0.15, 0.2) is 0 Å². The number of aliphatic hydroxyl groups is 1. The molecule has 0 bridgehead atoms. The molecule has 0 atom stereocenters. The van der Waals surface area contributed by atoms with Crippen molar-refractivity contribution in [2.75, 3.05) is 0 Å². The summed E-state index contributed by atoms with van der Waals surface area (Å²) in [6, 6.07) is 0.0353. The Bertz CT molecular complexity index is 439. The van der Waals surface area contributed by atoms with E-state index in [1.165, 1.54) is 0 Å². The van der Waals surface area contributed by atoms with Gasteiger partial charge in [-0.05, 0) is 39.5 Å². The lowest BCUT2D eigenvalue weighted by atomic mass is 9.93. The third-order valence-electron chi connectivity index (χ3n) is 3.45. The second-order valence-corrected chi connectivity index (χ2v) is 6.48. The normalized spacial score (nSPS) is 23.1. The molecule has 1 aromatic rings. The lowest BCUT2D eigenvalue weighted by molar-refractivity contribution is 0.117. The molecule has 0 aliphatic heterocycles. The van der Waals surface area contributed by atoms with Crippen LogP contribution >= 0.6 is 11.3 Å². The number of thiazole rings is 1. The maximum Gasteiger partial charge on any atom is 0.315 e. The molecular formula is C13H21N3O2S. The average molecular weight is 283 g/mol. The maximum absolute atomic E-state index is 11.8. The third kappa shape index (κ3) is 4.18. The van der Waals surface area contributed by atoms with Gasteiger partial charge >= 0.3 is 6.03 Å². The van der Waals surface area contributed by atoms with Crippen LogP contribution in [0, 0.1) is 13.8 Å². The molecule has 2 amide bonds. The molecule has 0 aromatic carbocycles. The Kier molecular flexibility index (Phi) is 4.76. The fraction of sp³-hybridized carbons (Fsp3) is 0.692. The number of nitrogens with zero attached hydrogens (tertiary/aromatic N) is 1. The Morgan fingerprint density at radius 2 is 2.05 bits per heavy atom. The zero-order chi connectivity index (χ0) is 13.8. The predicted octanol–water partition coefficient (Wildman–Crippen LogP) is 1.86. The highest BCUT2D eigenvalue weighted by atomic mass is 32.1. The molecule has 1 heterocycles. The molecule has 0 spiro atoms. The summed E-state index contributed by atoms with van der Waals surface area (Å²) in [5, 5.41) is 16.2. The van der Waals surface area contributed by atoms with Gasteiger partial charge < -0.3 is 15.7 Å². The van der Waals surface area contributed by atoms with Crippen LogP contribution in [-0.2, 0) is 6.54 Å². The van der Waals surface area contributed by atoms with Crippen LogP contribution in [0.2, 0.25) is 0 Å². The molecule has 106 valence electrons. The monoisotopic (exact) mass is 283 g/mol. The predicted molar refractivity (Wildman–Crippen MR) is 75.2 cm³/mol. The molecule has 2 rings (SSSR count). The number of urea groups is 1. The van der Waals surface area contributed by atoms with Crippen molar-refractivity contribution in [3.63, 3.8) is 0 Å². The van der Waals surface area contributed by atoms with Crippen LogP contribution in [0.3, 0.4) is 0 Å². The first-order chi connectivity index (χ1) is 9.04. The number of rotatable bonds is 3. The number of hydrogen-bond acceptors (Lipinski definition) is 4. The zero-order valence-corrected chi connectivity index (χ0v) is 12.2. The fourth-order valence-electron chi connectivity index (χ4n) is 2.36. The van der Waals surface area contributed by atoms with Gasteiger partial charge in [-0.15, -0.1) is 11.3 Å². The minimum absolute atomic E-state index is 0.147. The van der Waals surface area contributed by atoms with Gasteiger partial charge in [0, 0.05) is 10.9 Å². The SMILES string of the molecule is Cc1nc(CNC(=O)NC2CCC(O)CC2)c(C)s1. The Balaban J connectivity index is 1.74. The number of carbonyl (C=O) groups excluding carboxylic acids is 1. The van der Waals surface area contributed by atoms with E-state index in [1.54, 1.807) is 11.3 Å². The Morgan fingerprint density at radius 3 is 2.63 bits per heavy atom. The van der Waals surface area contributed by atoms with Crippen molar-refractivity contribution in [1.29, 1.82) is 0 Å². The van der Waals surface area contributed by atoms with Gasteiger partial charge in [-0.3, -0.25) is 0 Å². The molecule has 3 N–H and O–H groups in total. The number of nitrogens with one attached hydrogen (secondary N) is 2. The van der Waals surface area contributed by atoms with E-state index in [1.807, 2.05) is 13.8 Å². The lowest BCUT2D eigenvalue weighted by Gasteiger charge is -2.26. The molecule has 1 saturated carbocycles. The van der Waals surface area contributed by atoms with Gasteiger partial charge in [0.05, 0.1) is 23.4 Å². The molecule has 1 aliphatic carbocycles. The lowest BCUT2D eigenvalue weighted by Crippen LogP contribution is -2.44. The molecule has 1 aliphatic rings. The quantitative estimate of drug-likeness (QED) is 0.792. The van der Waals surface area contributed by atoms with Crippen molar-refractivity contribution < 1.29 is 9.90 Å². The van der Waals surface area contributed by atoms with Gasteiger partial charge in [-0.1, -0.05) is 0 Å². The Hall–Kier alpha value is -1.14. The van der Waals surface area contributed by atoms with Gasteiger partial charge in [0.1, 0.15) is 0 Å².